The molecule has 0 aromatic heterocycles. The summed E-state index contributed by atoms with van der Waals surface area (Å²) in [7, 11) is 0. The smallest absolute Gasteiger partial charge is 0.307 e. The van der Waals surface area contributed by atoms with E-state index in [4.69, 9.17) is 0 Å². The zero-order valence-electron chi connectivity index (χ0n) is 11.7. The van der Waals surface area contributed by atoms with Crippen molar-refractivity contribution in [2.45, 2.75) is 11.3 Å². The van der Waals surface area contributed by atoms with E-state index in [1.807, 2.05) is 42.7 Å². The molecule has 3 rings (SSSR count). The second kappa shape index (κ2) is 5.56. The molecular weight excluding hydrogens is 286 g/mol. The van der Waals surface area contributed by atoms with Crippen LogP contribution in [0.5, 0.6) is 0 Å². The Hall–Kier alpha value is -1.75. The summed E-state index contributed by atoms with van der Waals surface area (Å²) >= 11 is 1.56. The standard InChI is InChI=1S/C16H17NO3S/c1-21-12-5-3-2-4-11(12)17-15(18)13-9-6-7-10(8-9)14(13)16(19)20/h2-7,9-10,13-14H,8H2,1H3,(H,17,18)(H,19,20)/t9-,10+,13-,14+/m1/s1. The van der Waals surface area contributed by atoms with Crippen molar-refractivity contribution in [2.24, 2.45) is 23.7 Å². The molecule has 21 heavy (non-hydrogen) atoms. The molecule has 1 saturated carbocycles. The van der Waals surface area contributed by atoms with Gasteiger partial charge in [-0.2, -0.15) is 0 Å². The maximum absolute atomic E-state index is 12.6. The fourth-order valence-electron chi connectivity index (χ4n) is 3.48. The summed E-state index contributed by atoms with van der Waals surface area (Å²) in [6.07, 6.45) is 6.67. The van der Waals surface area contributed by atoms with E-state index < -0.39 is 17.8 Å². The largest absolute Gasteiger partial charge is 0.481 e. The van der Waals surface area contributed by atoms with E-state index >= 15 is 0 Å². The number of aliphatic carboxylic acids is 1. The molecule has 5 heteroatoms. The van der Waals surface area contributed by atoms with Crippen molar-refractivity contribution < 1.29 is 14.7 Å². The number of carbonyl (C=O) groups is 2. The summed E-state index contributed by atoms with van der Waals surface area (Å²) < 4.78 is 0. The first kappa shape index (κ1) is 14.2. The summed E-state index contributed by atoms with van der Waals surface area (Å²) in [6.45, 7) is 0. The topological polar surface area (TPSA) is 66.4 Å². The second-order valence-corrected chi connectivity index (χ2v) is 6.38. The Labute approximate surface area is 127 Å². The fourth-order valence-corrected chi connectivity index (χ4v) is 4.03. The van der Waals surface area contributed by atoms with Crippen molar-refractivity contribution in [2.75, 3.05) is 11.6 Å². The van der Waals surface area contributed by atoms with Crippen LogP contribution in [-0.2, 0) is 9.59 Å². The zero-order chi connectivity index (χ0) is 15.0. The Kier molecular flexibility index (Phi) is 3.76. The molecule has 1 aromatic carbocycles. The summed E-state index contributed by atoms with van der Waals surface area (Å²) in [5.74, 6) is -2.06. The van der Waals surface area contributed by atoms with Crippen LogP contribution in [0.1, 0.15) is 6.42 Å². The van der Waals surface area contributed by atoms with Crippen LogP contribution in [0.3, 0.4) is 0 Å². The number of benzene rings is 1. The molecule has 4 nitrogen and oxygen atoms in total. The molecule has 2 aliphatic carbocycles. The van der Waals surface area contributed by atoms with E-state index in [2.05, 4.69) is 5.32 Å². The highest BCUT2D eigenvalue weighted by molar-refractivity contribution is 7.98. The highest BCUT2D eigenvalue weighted by atomic mass is 32.2. The van der Waals surface area contributed by atoms with Crippen LogP contribution in [0.2, 0.25) is 0 Å². The minimum absolute atomic E-state index is 0.000885. The third kappa shape index (κ3) is 2.46. The number of carboxylic acids is 1. The summed E-state index contributed by atoms with van der Waals surface area (Å²) in [5, 5.41) is 12.3. The number of nitrogens with one attached hydrogen (secondary N) is 1. The molecular formula is C16H17NO3S. The summed E-state index contributed by atoms with van der Waals surface area (Å²) in [5.41, 5.74) is 0.755. The fraction of sp³-hybridized carbons (Fsp3) is 0.375. The summed E-state index contributed by atoms with van der Waals surface area (Å²) in [6, 6.07) is 7.57. The minimum atomic E-state index is -0.870. The number of amides is 1. The van der Waals surface area contributed by atoms with Gasteiger partial charge in [0, 0.05) is 4.90 Å². The lowest BCUT2D eigenvalue weighted by molar-refractivity contribution is -0.146. The number of hydrogen-bond acceptors (Lipinski definition) is 3. The maximum atomic E-state index is 12.6. The molecule has 2 aliphatic rings. The van der Waals surface area contributed by atoms with Gasteiger partial charge >= 0.3 is 5.97 Å². The Morgan fingerprint density at radius 1 is 1.19 bits per heavy atom. The average Bonchev–Trinajstić information content (AvgIpc) is 3.08. The third-order valence-corrected chi connectivity index (χ3v) is 5.21. The lowest BCUT2D eigenvalue weighted by atomic mass is 9.82. The lowest BCUT2D eigenvalue weighted by Crippen LogP contribution is -2.36. The number of para-hydroxylation sites is 1. The molecule has 0 aliphatic heterocycles. The van der Waals surface area contributed by atoms with Gasteiger partial charge in [0.1, 0.15) is 0 Å². The quantitative estimate of drug-likeness (QED) is 0.663. The van der Waals surface area contributed by atoms with Crippen molar-refractivity contribution in [1.82, 2.24) is 0 Å². The average molecular weight is 303 g/mol. The Morgan fingerprint density at radius 2 is 1.86 bits per heavy atom. The van der Waals surface area contributed by atoms with Gasteiger partial charge in [0.2, 0.25) is 5.91 Å². The van der Waals surface area contributed by atoms with Gasteiger partial charge in [-0.05, 0) is 36.6 Å². The predicted octanol–water partition coefficient (Wildman–Crippen LogP) is 2.87. The number of rotatable bonds is 4. The van der Waals surface area contributed by atoms with Crippen LogP contribution in [0.4, 0.5) is 5.69 Å². The van der Waals surface area contributed by atoms with Gasteiger partial charge < -0.3 is 10.4 Å². The van der Waals surface area contributed by atoms with Crippen molar-refractivity contribution in [3.8, 4) is 0 Å². The van der Waals surface area contributed by atoms with E-state index in [-0.39, 0.29) is 17.7 Å². The van der Waals surface area contributed by atoms with Gasteiger partial charge in [0.25, 0.3) is 0 Å². The van der Waals surface area contributed by atoms with E-state index in [0.717, 1.165) is 17.0 Å². The molecule has 1 amide bonds. The first-order valence-corrected chi connectivity index (χ1v) is 8.19. The number of carbonyl (C=O) groups excluding carboxylic acids is 1. The molecule has 0 saturated heterocycles. The molecule has 110 valence electrons. The molecule has 0 spiro atoms. The van der Waals surface area contributed by atoms with Crippen LogP contribution in [0.15, 0.2) is 41.3 Å². The van der Waals surface area contributed by atoms with Crippen molar-refractivity contribution >= 4 is 29.3 Å². The molecule has 1 fully saturated rings. The van der Waals surface area contributed by atoms with Gasteiger partial charge in [-0.15, -0.1) is 11.8 Å². The van der Waals surface area contributed by atoms with Gasteiger partial charge in [0.15, 0.2) is 0 Å². The summed E-state index contributed by atoms with van der Waals surface area (Å²) in [4.78, 5) is 25.0. The van der Waals surface area contributed by atoms with Gasteiger partial charge in [-0.3, -0.25) is 9.59 Å². The van der Waals surface area contributed by atoms with Crippen molar-refractivity contribution in [1.29, 1.82) is 0 Å². The number of fused-ring (bicyclic) bond motifs is 2. The number of anilines is 1. The molecule has 1 aromatic rings. The molecule has 4 atom stereocenters. The highest BCUT2D eigenvalue weighted by Gasteiger charge is 2.51. The van der Waals surface area contributed by atoms with E-state index in [1.165, 1.54) is 0 Å². The number of allylic oxidation sites excluding steroid dienone is 2. The van der Waals surface area contributed by atoms with Crippen LogP contribution in [0, 0.1) is 23.7 Å². The Morgan fingerprint density at radius 3 is 2.52 bits per heavy atom. The third-order valence-electron chi connectivity index (χ3n) is 4.41. The van der Waals surface area contributed by atoms with E-state index in [9.17, 15) is 14.7 Å². The minimum Gasteiger partial charge on any atom is -0.481 e. The maximum Gasteiger partial charge on any atom is 0.307 e. The van der Waals surface area contributed by atoms with Crippen molar-refractivity contribution in [3.63, 3.8) is 0 Å². The highest BCUT2D eigenvalue weighted by Crippen LogP contribution is 2.48. The lowest BCUT2D eigenvalue weighted by Gasteiger charge is -2.24. The molecule has 2 N–H and O–H groups in total. The van der Waals surface area contributed by atoms with Crippen LogP contribution < -0.4 is 5.32 Å². The molecule has 0 unspecified atom stereocenters. The monoisotopic (exact) mass is 303 g/mol. The normalized spacial score (nSPS) is 29.6. The van der Waals surface area contributed by atoms with E-state index in [1.54, 1.807) is 11.8 Å². The Bertz CT molecular complexity index is 613. The zero-order valence-corrected chi connectivity index (χ0v) is 12.5. The number of thioether (sulfide) groups is 1. The van der Waals surface area contributed by atoms with Crippen molar-refractivity contribution in [3.05, 3.63) is 36.4 Å². The molecule has 0 heterocycles. The molecule has 2 bridgehead atoms. The first-order chi connectivity index (χ1) is 10.1. The van der Waals surface area contributed by atoms with Crippen LogP contribution in [0.25, 0.3) is 0 Å². The van der Waals surface area contributed by atoms with Gasteiger partial charge in [0.05, 0.1) is 17.5 Å². The van der Waals surface area contributed by atoms with Crippen LogP contribution >= 0.6 is 11.8 Å². The second-order valence-electron chi connectivity index (χ2n) is 5.53. The first-order valence-electron chi connectivity index (χ1n) is 6.97. The van der Waals surface area contributed by atoms with Gasteiger partial charge in [-0.25, -0.2) is 0 Å². The van der Waals surface area contributed by atoms with Gasteiger partial charge in [-0.1, -0.05) is 24.3 Å². The Balaban J connectivity index is 1.82. The van der Waals surface area contributed by atoms with Crippen LogP contribution in [-0.4, -0.2) is 23.2 Å². The SMILES string of the molecule is CSc1ccccc1NC(=O)[C@H]1[C@@H](C(=O)O)[C@H]2C=C[C@@H]1C2. The van der Waals surface area contributed by atoms with E-state index in [0.29, 0.717) is 0 Å². The number of carboxylic acid groups (broad SMARTS) is 1. The number of hydrogen-bond donors (Lipinski definition) is 2. The predicted molar refractivity (Wildman–Crippen MR) is 82.2 cm³/mol. The molecule has 0 radical (unpaired) electrons.